The Labute approximate surface area is 122 Å². The van der Waals surface area contributed by atoms with Gasteiger partial charge in [0, 0.05) is 12.5 Å². The molecule has 0 unspecified atom stereocenters. The van der Waals surface area contributed by atoms with E-state index in [4.69, 9.17) is 0 Å². The number of para-hydroxylation sites is 1. The van der Waals surface area contributed by atoms with E-state index < -0.39 is 20.4 Å². The van der Waals surface area contributed by atoms with Crippen LogP contribution in [0.2, 0.25) is 0 Å². The van der Waals surface area contributed by atoms with Crippen molar-refractivity contribution in [3.63, 3.8) is 0 Å². The van der Waals surface area contributed by atoms with Gasteiger partial charge in [-0.3, -0.25) is 10.1 Å². The summed E-state index contributed by atoms with van der Waals surface area (Å²) in [4.78, 5) is 10.1. The second kappa shape index (κ2) is 4.89. The van der Waals surface area contributed by atoms with E-state index in [-0.39, 0.29) is 10.6 Å². The third kappa shape index (κ3) is 2.76. The number of nitro groups is 1. The van der Waals surface area contributed by atoms with Crippen LogP contribution in [0.5, 0.6) is 0 Å². The van der Waals surface area contributed by atoms with E-state index in [1.807, 2.05) is 22.6 Å². The van der Waals surface area contributed by atoms with E-state index in [9.17, 15) is 18.5 Å². The first-order valence-corrected chi connectivity index (χ1v) is 7.95. The Morgan fingerprint density at radius 1 is 1.42 bits per heavy atom. The summed E-state index contributed by atoms with van der Waals surface area (Å²) in [5, 5.41) is 15.1. The molecule has 1 aromatic heterocycles. The Hall–Kier alpha value is -1.49. The second-order valence-corrected chi connectivity index (χ2v) is 6.99. The zero-order valence-corrected chi connectivity index (χ0v) is 12.6. The maximum Gasteiger partial charge on any atom is 0.313 e. The SMILES string of the molecule is CS(=O)(=O)c1cccc(-n2cc(I)cn2)c1[N+](=O)[O-]. The number of nitro benzene ring substituents is 1. The van der Waals surface area contributed by atoms with E-state index in [1.54, 1.807) is 6.20 Å². The predicted octanol–water partition coefficient (Wildman–Crippen LogP) is 1.79. The fourth-order valence-corrected chi connectivity index (χ4v) is 2.86. The summed E-state index contributed by atoms with van der Waals surface area (Å²) in [6.45, 7) is 0. The molecule has 2 rings (SSSR count). The van der Waals surface area contributed by atoms with Crippen molar-refractivity contribution in [1.82, 2.24) is 9.78 Å². The summed E-state index contributed by atoms with van der Waals surface area (Å²) >= 11 is 2.01. The van der Waals surface area contributed by atoms with Crippen LogP contribution in [-0.2, 0) is 9.84 Å². The molecule has 0 atom stereocenters. The number of halogens is 1. The van der Waals surface area contributed by atoms with Gasteiger partial charge in [0.2, 0.25) is 0 Å². The van der Waals surface area contributed by atoms with Crippen LogP contribution in [0.15, 0.2) is 35.5 Å². The lowest BCUT2D eigenvalue weighted by Crippen LogP contribution is -2.07. The van der Waals surface area contributed by atoms with Crippen molar-refractivity contribution >= 4 is 38.1 Å². The fourth-order valence-electron chi connectivity index (χ4n) is 1.61. The third-order valence-corrected chi connectivity index (χ3v) is 4.04. The third-order valence-electron chi connectivity index (χ3n) is 2.36. The normalized spacial score (nSPS) is 11.5. The van der Waals surface area contributed by atoms with E-state index in [0.29, 0.717) is 0 Å². The van der Waals surface area contributed by atoms with Gasteiger partial charge in [-0.15, -0.1) is 0 Å². The number of sulfone groups is 1. The van der Waals surface area contributed by atoms with Crippen LogP contribution in [0.25, 0.3) is 5.69 Å². The highest BCUT2D eigenvalue weighted by atomic mass is 127. The fraction of sp³-hybridized carbons (Fsp3) is 0.100. The van der Waals surface area contributed by atoms with Gasteiger partial charge in [-0.1, -0.05) is 6.07 Å². The van der Waals surface area contributed by atoms with Crippen LogP contribution in [-0.4, -0.2) is 29.4 Å². The minimum atomic E-state index is -3.69. The predicted molar refractivity (Wildman–Crippen MR) is 76.0 cm³/mol. The first kappa shape index (κ1) is 13.9. The van der Waals surface area contributed by atoms with Crippen molar-refractivity contribution in [2.45, 2.75) is 4.90 Å². The molecular weight excluding hydrogens is 385 g/mol. The molecule has 0 N–H and O–H groups in total. The molecule has 0 saturated carbocycles. The lowest BCUT2D eigenvalue weighted by molar-refractivity contribution is -0.387. The average molecular weight is 393 g/mol. The van der Waals surface area contributed by atoms with Gasteiger partial charge < -0.3 is 0 Å². The molecule has 9 heteroatoms. The summed E-state index contributed by atoms with van der Waals surface area (Å²) in [5.74, 6) is 0. The monoisotopic (exact) mass is 393 g/mol. The molecule has 0 amide bonds. The zero-order valence-electron chi connectivity index (χ0n) is 9.65. The molecule has 0 radical (unpaired) electrons. The molecule has 7 nitrogen and oxygen atoms in total. The van der Waals surface area contributed by atoms with Gasteiger partial charge >= 0.3 is 5.69 Å². The van der Waals surface area contributed by atoms with Gasteiger partial charge in [0.25, 0.3) is 0 Å². The highest BCUT2D eigenvalue weighted by molar-refractivity contribution is 14.1. The van der Waals surface area contributed by atoms with Crippen molar-refractivity contribution < 1.29 is 13.3 Å². The minimum absolute atomic E-state index is 0.121. The van der Waals surface area contributed by atoms with Crippen molar-refractivity contribution in [1.29, 1.82) is 0 Å². The smallest absolute Gasteiger partial charge is 0.258 e. The zero-order chi connectivity index (χ0) is 14.2. The number of rotatable bonds is 3. The average Bonchev–Trinajstić information content (AvgIpc) is 2.73. The Balaban J connectivity index is 2.79. The van der Waals surface area contributed by atoms with Crippen molar-refractivity contribution in [3.05, 3.63) is 44.3 Å². The minimum Gasteiger partial charge on any atom is -0.258 e. The molecule has 0 aliphatic carbocycles. The van der Waals surface area contributed by atoms with E-state index in [1.165, 1.54) is 29.1 Å². The Bertz CT molecular complexity index is 754. The van der Waals surface area contributed by atoms with Crippen LogP contribution >= 0.6 is 22.6 Å². The summed E-state index contributed by atoms with van der Waals surface area (Å²) < 4.78 is 25.3. The number of hydrogen-bond acceptors (Lipinski definition) is 5. The van der Waals surface area contributed by atoms with Crippen LogP contribution in [0.3, 0.4) is 0 Å². The first-order valence-electron chi connectivity index (χ1n) is 4.98. The molecule has 1 aromatic carbocycles. The standard InChI is InChI=1S/C10H8IN3O4S/c1-19(17,18)9-4-2-3-8(10(9)14(15)16)13-6-7(11)5-12-13/h2-6H,1H3. The summed E-state index contributed by atoms with van der Waals surface area (Å²) in [5.41, 5.74) is -0.347. The van der Waals surface area contributed by atoms with Crippen LogP contribution in [0.4, 0.5) is 5.69 Å². The molecule has 2 aromatic rings. The highest BCUT2D eigenvalue weighted by Gasteiger charge is 2.27. The van der Waals surface area contributed by atoms with Crippen molar-refractivity contribution in [2.24, 2.45) is 0 Å². The molecule has 1 heterocycles. The quantitative estimate of drug-likeness (QED) is 0.450. The van der Waals surface area contributed by atoms with Gasteiger partial charge in [0.05, 0.1) is 14.7 Å². The molecule has 0 saturated heterocycles. The Kier molecular flexibility index (Phi) is 3.58. The van der Waals surface area contributed by atoms with Crippen molar-refractivity contribution in [3.8, 4) is 5.69 Å². The molecule has 0 spiro atoms. The highest BCUT2D eigenvalue weighted by Crippen LogP contribution is 2.30. The van der Waals surface area contributed by atoms with Gasteiger partial charge in [-0.25, -0.2) is 13.1 Å². The number of hydrogen-bond donors (Lipinski definition) is 0. The van der Waals surface area contributed by atoms with Gasteiger partial charge in [0.1, 0.15) is 10.6 Å². The van der Waals surface area contributed by atoms with E-state index in [2.05, 4.69) is 5.10 Å². The summed E-state index contributed by atoms with van der Waals surface area (Å²) in [6.07, 6.45) is 4.04. The molecule has 0 bridgehead atoms. The lowest BCUT2D eigenvalue weighted by atomic mass is 10.2. The second-order valence-electron chi connectivity index (χ2n) is 3.76. The van der Waals surface area contributed by atoms with Crippen LogP contribution in [0.1, 0.15) is 0 Å². The summed E-state index contributed by atoms with van der Waals surface area (Å²) in [6, 6.07) is 4.12. The van der Waals surface area contributed by atoms with Gasteiger partial charge in [-0.2, -0.15) is 5.10 Å². The molecule has 0 aliphatic rings. The van der Waals surface area contributed by atoms with Crippen molar-refractivity contribution in [2.75, 3.05) is 6.26 Å². The van der Waals surface area contributed by atoms with E-state index >= 15 is 0 Å². The van der Waals surface area contributed by atoms with Gasteiger partial charge in [0.15, 0.2) is 9.84 Å². The number of nitrogens with zero attached hydrogens (tertiary/aromatic N) is 3. The molecular formula is C10H8IN3O4S. The van der Waals surface area contributed by atoms with Crippen LogP contribution < -0.4 is 0 Å². The maximum atomic E-state index is 11.6. The molecule has 0 fully saturated rings. The number of benzene rings is 1. The number of aromatic nitrogens is 2. The summed E-state index contributed by atoms with van der Waals surface area (Å²) in [7, 11) is -3.69. The van der Waals surface area contributed by atoms with Gasteiger partial charge in [-0.05, 0) is 34.7 Å². The maximum absolute atomic E-state index is 11.6. The largest absolute Gasteiger partial charge is 0.313 e. The molecule has 19 heavy (non-hydrogen) atoms. The van der Waals surface area contributed by atoms with Crippen LogP contribution in [0, 0.1) is 13.7 Å². The molecule has 100 valence electrons. The topological polar surface area (TPSA) is 95.1 Å². The first-order chi connectivity index (χ1) is 8.80. The van der Waals surface area contributed by atoms with E-state index in [0.717, 1.165) is 9.83 Å². The Morgan fingerprint density at radius 3 is 2.58 bits per heavy atom. The Morgan fingerprint density at radius 2 is 2.11 bits per heavy atom. The lowest BCUT2D eigenvalue weighted by Gasteiger charge is -2.06. The molecule has 0 aliphatic heterocycles.